The summed E-state index contributed by atoms with van der Waals surface area (Å²) in [6, 6.07) is 1.57. The summed E-state index contributed by atoms with van der Waals surface area (Å²) >= 11 is 2.78. The average Bonchev–Trinajstić information content (AvgIpc) is 3.17. The standard InChI is InChI=1S/C25H31N7O3S2/c1-14(26)4-5-18-21-15(25(6-7-25)30-23(21)35)10-20(33)32(18)11-19-28-17(13-36-19)24-29-16(12-37-24)22(34)27-8-9-31(2)3/h10,12-14H,4-9,11,26H2,1-3H3,(H,27,34)(H,30,35)/t14-/m0/s1. The van der Waals surface area contributed by atoms with Gasteiger partial charge in [0.1, 0.15) is 21.4 Å². The molecular formula is C25H31N7O3S2. The summed E-state index contributed by atoms with van der Waals surface area (Å²) in [6.45, 7) is 3.47. The van der Waals surface area contributed by atoms with Crippen molar-refractivity contribution in [1.82, 2.24) is 30.1 Å². The molecule has 0 radical (unpaired) electrons. The number of carbonyl (C=O) groups excluding carboxylic acids is 2. The minimum absolute atomic E-state index is 0.0515. The predicted octanol–water partition coefficient (Wildman–Crippen LogP) is 1.78. The van der Waals surface area contributed by atoms with Gasteiger partial charge in [-0.15, -0.1) is 22.7 Å². The molecular weight excluding hydrogens is 510 g/mol. The number of amides is 2. The van der Waals surface area contributed by atoms with Crippen LogP contribution in [0.4, 0.5) is 0 Å². The van der Waals surface area contributed by atoms with Crippen molar-refractivity contribution in [2.45, 2.75) is 50.7 Å². The second-order valence-electron chi connectivity index (χ2n) is 10.1. The largest absolute Gasteiger partial charge is 0.349 e. The minimum Gasteiger partial charge on any atom is -0.349 e. The highest BCUT2D eigenvalue weighted by Gasteiger charge is 2.53. The summed E-state index contributed by atoms with van der Waals surface area (Å²) in [7, 11) is 3.90. The number of thiazole rings is 2. The summed E-state index contributed by atoms with van der Waals surface area (Å²) < 4.78 is 1.66. The van der Waals surface area contributed by atoms with Crippen LogP contribution in [0.15, 0.2) is 21.6 Å². The maximum absolute atomic E-state index is 13.3. The minimum atomic E-state index is -0.358. The Morgan fingerprint density at radius 2 is 2.05 bits per heavy atom. The lowest BCUT2D eigenvalue weighted by molar-refractivity contribution is 0.0940. The smallest absolute Gasteiger partial charge is 0.270 e. The molecule has 1 spiro atoms. The van der Waals surface area contributed by atoms with Gasteiger partial charge >= 0.3 is 0 Å². The molecule has 196 valence electrons. The molecule has 3 aromatic rings. The molecule has 1 atom stereocenters. The van der Waals surface area contributed by atoms with E-state index in [-0.39, 0.29) is 35.5 Å². The quantitative estimate of drug-likeness (QED) is 0.356. The molecule has 0 saturated heterocycles. The van der Waals surface area contributed by atoms with E-state index >= 15 is 0 Å². The van der Waals surface area contributed by atoms with Crippen molar-refractivity contribution >= 4 is 34.5 Å². The first-order valence-corrected chi connectivity index (χ1v) is 14.1. The molecule has 5 rings (SSSR count). The van der Waals surface area contributed by atoms with E-state index in [0.29, 0.717) is 41.3 Å². The Morgan fingerprint density at radius 3 is 2.76 bits per heavy atom. The zero-order chi connectivity index (χ0) is 26.3. The van der Waals surface area contributed by atoms with Gasteiger partial charge in [0.05, 0.1) is 17.6 Å². The van der Waals surface area contributed by atoms with E-state index in [4.69, 9.17) is 10.7 Å². The number of likely N-dealkylation sites (N-methyl/N-ethyl adjacent to an activating group) is 1. The van der Waals surface area contributed by atoms with Gasteiger partial charge in [-0.05, 0) is 52.3 Å². The van der Waals surface area contributed by atoms with Gasteiger partial charge in [-0.25, -0.2) is 9.97 Å². The average molecular weight is 542 g/mol. The molecule has 1 saturated carbocycles. The van der Waals surface area contributed by atoms with Gasteiger partial charge in [0.2, 0.25) is 0 Å². The normalized spacial score (nSPS) is 16.2. The van der Waals surface area contributed by atoms with Crippen LogP contribution in [0, 0.1) is 0 Å². The van der Waals surface area contributed by atoms with Crippen LogP contribution in [0.3, 0.4) is 0 Å². The van der Waals surface area contributed by atoms with Crippen molar-refractivity contribution in [3.8, 4) is 10.7 Å². The van der Waals surface area contributed by atoms with Crippen molar-refractivity contribution < 1.29 is 9.59 Å². The van der Waals surface area contributed by atoms with Crippen LogP contribution >= 0.6 is 22.7 Å². The van der Waals surface area contributed by atoms with E-state index in [1.54, 1.807) is 16.0 Å². The molecule has 0 aromatic carbocycles. The molecule has 4 heterocycles. The van der Waals surface area contributed by atoms with E-state index < -0.39 is 0 Å². The Kier molecular flexibility index (Phi) is 7.01. The number of pyridine rings is 1. The molecule has 0 bridgehead atoms. The Morgan fingerprint density at radius 1 is 1.27 bits per heavy atom. The first kappa shape index (κ1) is 25.7. The van der Waals surface area contributed by atoms with Gasteiger partial charge in [-0.3, -0.25) is 14.4 Å². The van der Waals surface area contributed by atoms with Gasteiger partial charge in [-0.1, -0.05) is 0 Å². The number of fused-ring (bicyclic) bond motifs is 2. The number of nitrogens with one attached hydrogen (secondary N) is 2. The molecule has 2 amide bonds. The maximum atomic E-state index is 13.3. The van der Waals surface area contributed by atoms with Crippen LogP contribution in [-0.2, 0) is 18.5 Å². The number of nitrogens with zero attached hydrogens (tertiary/aromatic N) is 4. The summed E-state index contributed by atoms with van der Waals surface area (Å²) in [5, 5.41) is 10.9. The van der Waals surface area contributed by atoms with Crippen LogP contribution in [-0.4, -0.2) is 64.5 Å². The van der Waals surface area contributed by atoms with Crippen molar-refractivity contribution in [1.29, 1.82) is 0 Å². The zero-order valence-electron chi connectivity index (χ0n) is 21.2. The lowest BCUT2D eigenvalue weighted by Gasteiger charge is -2.17. The summed E-state index contributed by atoms with van der Waals surface area (Å²) in [5.41, 5.74) is 8.74. The molecule has 4 N–H and O–H groups in total. The summed E-state index contributed by atoms with van der Waals surface area (Å²) in [5.74, 6) is -0.324. The first-order chi connectivity index (χ1) is 17.7. The van der Waals surface area contributed by atoms with Crippen molar-refractivity contribution in [2.75, 3.05) is 27.2 Å². The van der Waals surface area contributed by atoms with E-state index in [1.165, 1.54) is 22.7 Å². The Bertz CT molecular complexity index is 1400. The fraction of sp³-hybridized carbons (Fsp3) is 0.480. The third-order valence-electron chi connectivity index (χ3n) is 6.75. The number of hydrogen-bond acceptors (Lipinski definition) is 9. The van der Waals surface area contributed by atoms with Crippen molar-refractivity contribution in [3.05, 3.63) is 54.7 Å². The van der Waals surface area contributed by atoms with E-state index in [9.17, 15) is 14.4 Å². The number of hydrogen-bond donors (Lipinski definition) is 3. The Balaban J connectivity index is 1.38. The highest BCUT2D eigenvalue weighted by atomic mass is 32.1. The molecule has 1 fully saturated rings. The molecule has 2 aliphatic rings. The Labute approximate surface area is 222 Å². The number of nitrogens with two attached hydrogens (primary N) is 1. The molecule has 10 nitrogen and oxygen atoms in total. The van der Waals surface area contributed by atoms with Gasteiger partial charge < -0.3 is 25.8 Å². The fourth-order valence-corrected chi connectivity index (χ4v) is 6.19. The second-order valence-corrected chi connectivity index (χ2v) is 11.9. The number of carbonyl (C=O) groups is 2. The molecule has 1 aliphatic heterocycles. The third-order valence-corrected chi connectivity index (χ3v) is 8.44. The Hall–Kier alpha value is -2.93. The van der Waals surface area contributed by atoms with Crippen molar-refractivity contribution in [2.24, 2.45) is 5.73 Å². The van der Waals surface area contributed by atoms with Crippen LogP contribution in [0.5, 0.6) is 0 Å². The molecule has 0 unspecified atom stereocenters. The van der Waals surface area contributed by atoms with E-state index in [1.807, 2.05) is 31.3 Å². The zero-order valence-corrected chi connectivity index (χ0v) is 22.8. The van der Waals surface area contributed by atoms with Gasteiger partial charge in [-0.2, -0.15) is 0 Å². The third kappa shape index (κ3) is 5.24. The number of aromatic nitrogens is 3. The summed E-state index contributed by atoms with van der Waals surface area (Å²) in [4.78, 5) is 49.8. The molecule has 1 aliphatic carbocycles. The van der Waals surface area contributed by atoms with Crippen LogP contribution in [0.2, 0.25) is 0 Å². The lowest BCUT2D eigenvalue weighted by Crippen LogP contribution is -2.31. The number of rotatable bonds is 10. The first-order valence-electron chi connectivity index (χ1n) is 12.4. The topological polar surface area (TPSA) is 135 Å². The van der Waals surface area contributed by atoms with E-state index in [2.05, 4.69) is 15.6 Å². The molecule has 3 aromatic heterocycles. The van der Waals surface area contributed by atoms with Gasteiger partial charge in [0, 0.05) is 41.7 Å². The molecule has 37 heavy (non-hydrogen) atoms. The van der Waals surface area contributed by atoms with Crippen LogP contribution in [0.25, 0.3) is 10.7 Å². The highest BCUT2D eigenvalue weighted by molar-refractivity contribution is 7.14. The van der Waals surface area contributed by atoms with Gasteiger partial charge in [0.15, 0.2) is 0 Å². The SMILES string of the molecule is C[C@H](N)CCc1c2c(cc(=O)n1Cc1nc(-c3nc(C(=O)NCCN(C)C)cs3)cs1)C1(CC1)NC2=O. The van der Waals surface area contributed by atoms with Crippen LogP contribution < -0.4 is 21.9 Å². The van der Waals surface area contributed by atoms with Crippen molar-refractivity contribution in [3.63, 3.8) is 0 Å². The van der Waals surface area contributed by atoms with Crippen LogP contribution in [0.1, 0.15) is 63.3 Å². The predicted molar refractivity (Wildman–Crippen MR) is 144 cm³/mol. The van der Waals surface area contributed by atoms with E-state index in [0.717, 1.165) is 35.7 Å². The monoisotopic (exact) mass is 541 g/mol. The second kappa shape index (κ2) is 10.1. The lowest BCUT2D eigenvalue weighted by atomic mass is 9.98. The summed E-state index contributed by atoms with van der Waals surface area (Å²) in [6.07, 6.45) is 2.93. The molecule has 12 heteroatoms. The maximum Gasteiger partial charge on any atom is 0.270 e. The van der Waals surface area contributed by atoms with Gasteiger partial charge in [0.25, 0.3) is 17.4 Å². The highest BCUT2D eigenvalue weighted by Crippen LogP contribution is 2.50. The fourth-order valence-electron chi connectivity index (χ4n) is 4.59.